The lowest BCUT2D eigenvalue weighted by atomic mass is 10.4. The van der Waals surface area contributed by atoms with E-state index in [4.69, 9.17) is 5.11 Å². The fourth-order valence-electron chi connectivity index (χ4n) is 1.74. The van der Waals surface area contributed by atoms with Crippen molar-refractivity contribution in [1.82, 2.24) is 4.57 Å². The van der Waals surface area contributed by atoms with E-state index in [0.29, 0.717) is 17.9 Å². The first-order valence-corrected chi connectivity index (χ1v) is 6.92. The zero-order valence-corrected chi connectivity index (χ0v) is 12.7. The van der Waals surface area contributed by atoms with Crippen molar-refractivity contribution in [3.05, 3.63) is 54.3 Å². The first kappa shape index (κ1) is 18.4. The molecule has 0 unspecified atom stereocenters. The average Bonchev–Trinajstić information content (AvgIpc) is 2.53. The molecule has 7 heteroatoms. The Bertz CT molecular complexity index is 748. The highest BCUT2D eigenvalue weighted by Gasteiger charge is 2.03. The summed E-state index contributed by atoms with van der Waals surface area (Å²) < 4.78 is 3.67. The molecule has 0 aliphatic carbocycles. The summed E-state index contributed by atoms with van der Waals surface area (Å²) in [7, 11) is 1.90. The van der Waals surface area contributed by atoms with E-state index in [0.717, 1.165) is 5.82 Å². The van der Waals surface area contributed by atoms with Crippen LogP contribution >= 0.6 is 0 Å². The number of aliphatic hydroxyl groups excluding tert-OH is 1. The van der Waals surface area contributed by atoms with Gasteiger partial charge in [-0.3, -0.25) is 0 Å². The number of hydrogen-bond donors (Lipinski definition) is 1. The molecule has 2 heterocycles. The number of pyridine rings is 2. The molecule has 2 aromatic heterocycles. The monoisotopic (exact) mass is 315 g/mol. The fraction of sp³-hybridized carbons (Fsp3) is 0.312. The number of aryl methyl sites for hydroxylation is 1. The Kier molecular flexibility index (Phi) is 7.49. The quantitative estimate of drug-likeness (QED) is 0.302. The summed E-state index contributed by atoms with van der Waals surface area (Å²) in [6.45, 7) is 2.25. The van der Waals surface area contributed by atoms with E-state index >= 15 is 0 Å². The van der Waals surface area contributed by atoms with Gasteiger partial charge >= 0.3 is 5.82 Å². The summed E-state index contributed by atoms with van der Waals surface area (Å²) in [5.74, 6) is 1.18. The average molecular weight is 315 g/mol. The Morgan fingerprint density at radius 1 is 1.22 bits per heavy atom. The minimum atomic E-state index is 0. The van der Waals surface area contributed by atoms with E-state index < -0.39 is 0 Å². The number of aromatic nitrogens is 2. The number of azo groups is 1. The smallest absolute Gasteiger partial charge is 0.350 e. The topological polar surface area (TPSA) is 78.5 Å². The van der Waals surface area contributed by atoms with Crippen LogP contribution < -0.4 is 10.1 Å². The number of rotatable bonds is 4. The van der Waals surface area contributed by atoms with Gasteiger partial charge in [0, 0.05) is 25.7 Å². The van der Waals surface area contributed by atoms with E-state index in [1.807, 2.05) is 65.0 Å². The Hall–Kier alpha value is -2.67. The van der Waals surface area contributed by atoms with Gasteiger partial charge in [0.25, 0.3) is 0 Å². The molecule has 2 aromatic rings. The third-order valence-corrected chi connectivity index (χ3v) is 2.88. The van der Waals surface area contributed by atoms with Crippen LogP contribution in [0.4, 0.5) is 5.82 Å². The molecule has 0 atom stereocenters. The van der Waals surface area contributed by atoms with Crippen molar-refractivity contribution < 1.29 is 9.67 Å². The Morgan fingerprint density at radius 2 is 2.00 bits per heavy atom. The predicted molar refractivity (Wildman–Crippen MR) is 89.1 cm³/mol. The molecule has 0 fully saturated rings. The molecule has 0 saturated carbocycles. The van der Waals surface area contributed by atoms with Crippen LogP contribution in [0, 0.1) is 0 Å². The summed E-state index contributed by atoms with van der Waals surface area (Å²) in [6.07, 6.45) is 3.73. The second kappa shape index (κ2) is 9.37. The standard InChI is InChI=1S/C15H19N6O.CH4/c1-13(16-18-14-7-3-5-9-20(14)2)17-19-15-8-4-6-10-21(15)11-12-22;/h3-10,22H,11-12H2,1-2H3;1H4/q+1;. The molecule has 23 heavy (non-hydrogen) atoms. The minimum Gasteiger partial charge on any atom is -0.395 e. The molecule has 0 aliphatic rings. The number of amidine groups is 1. The van der Waals surface area contributed by atoms with Gasteiger partial charge in [-0.2, -0.15) is 0 Å². The molecule has 0 amide bonds. The van der Waals surface area contributed by atoms with Crippen molar-refractivity contribution in [2.45, 2.75) is 20.9 Å². The van der Waals surface area contributed by atoms with Gasteiger partial charge in [0.2, 0.25) is 0 Å². The molecular weight excluding hydrogens is 292 g/mol. The molecule has 2 rings (SSSR count). The summed E-state index contributed by atoms with van der Waals surface area (Å²) in [4.78, 5) is 0. The highest BCUT2D eigenvalue weighted by molar-refractivity contribution is 5.79. The minimum absolute atomic E-state index is 0. The second-order valence-corrected chi connectivity index (χ2v) is 4.59. The van der Waals surface area contributed by atoms with Crippen LogP contribution in [-0.2, 0) is 13.6 Å². The molecule has 122 valence electrons. The van der Waals surface area contributed by atoms with Crippen LogP contribution in [-0.4, -0.2) is 22.1 Å². The fourth-order valence-corrected chi connectivity index (χ4v) is 1.74. The Labute approximate surface area is 136 Å². The zero-order valence-electron chi connectivity index (χ0n) is 12.7. The molecular formula is C16H23N6O+. The van der Waals surface area contributed by atoms with Crippen LogP contribution in [0.5, 0.6) is 0 Å². The molecule has 0 radical (unpaired) electrons. The second-order valence-electron chi connectivity index (χ2n) is 4.59. The lowest BCUT2D eigenvalue weighted by Gasteiger charge is -2.02. The molecule has 1 N–H and O–H groups in total. The van der Waals surface area contributed by atoms with Crippen molar-refractivity contribution in [1.29, 1.82) is 0 Å². The van der Waals surface area contributed by atoms with E-state index in [-0.39, 0.29) is 14.0 Å². The van der Waals surface area contributed by atoms with Gasteiger partial charge in [-0.15, -0.1) is 10.2 Å². The maximum atomic E-state index is 9.02. The van der Waals surface area contributed by atoms with Gasteiger partial charge in [0.05, 0.1) is 25.0 Å². The maximum absolute atomic E-state index is 9.02. The number of nitrogens with zero attached hydrogens (tertiary/aromatic N) is 6. The highest BCUT2D eigenvalue weighted by atomic mass is 16.3. The van der Waals surface area contributed by atoms with Crippen LogP contribution in [0.1, 0.15) is 14.4 Å². The summed E-state index contributed by atoms with van der Waals surface area (Å²) >= 11 is 0. The molecule has 0 saturated heterocycles. The molecule has 0 spiro atoms. The molecule has 0 aromatic carbocycles. The van der Waals surface area contributed by atoms with E-state index in [1.54, 1.807) is 6.92 Å². The van der Waals surface area contributed by atoms with Crippen molar-refractivity contribution in [2.75, 3.05) is 6.61 Å². The third-order valence-electron chi connectivity index (χ3n) is 2.88. The van der Waals surface area contributed by atoms with E-state index in [2.05, 4.69) is 20.4 Å². The summed E-state index contributed by atoms with van der Waals surface area (Å²) in [6, 6.07) is 11.2. The van der Waals surface area contributed by atoms with Gasteiger partial charge in [-0.25, -0.2) is 4.57 Å². The summed E-state index contributed by atoms with van der Waals surface area (Å²) in [5.41, 5.74) is 0.649. The summed E-state index contributed by atoms with van der Waals surface area (Å²) in [5, 5.41) is 25.4. The van der Waals surface area contributed by atoms with Crippen molar-refractivity contribution in [3.8, 4) is 0 Å². The SMILES string of the molecule is C.C/C(N=Nc1cccc[n+]1C)=N\N=c1/ccccn1CCO. The zero-order chi connectivity index (χ0) is 15.8. The van der Waals surface area contributed by atoms with Gasteiger partial charge in [0.15, 0.2) is 11.3 Å². The van der Waals surface area contributed by atoms with Crippen LogP contribution in [0.2, 0.25) is 0 Å². The van der Waals surface area contributed by atoms with Crippen LogP contribution in [0.15, 0.2) is 69.2 Å². The Balaban J connectivity index is 0.00000264. The van der Waals surface area contributed by atoms with Crippen molar-refractivity contribution in [2.24, 2.45) is 27.5 Å². The first-order valence-electron chi connectivity index (χ1n) is 6.92. The lowest BCUT2D eigenvalue weighted by molar-refractivity contribution is -0.658. The van der Waals surface area contributed by atoms with E-state index in [9.17, 15) is 0 Å². The number of aliphatic hydroxyl groups is 1. The molecule has 0 bridgehead atoms. The molecule has 7 nitrogen and oxygen atoms in total. The molecule has 0 aliphatic heterocycles. The number of hydrogen-bond acceptors (Lipinski definition) is 4. The van der Waals surface area contributed by atoms with Crippen LogP contribution in [0.25, 0.3) is 0 Å². The van der Waals surface area contributed by atoms with Gasteiger partial charge in [-0.05, 0) is 23.3 Å². The van der Waals surface area contributed by atoms with Crippen molar-refractivity contribution >= 4 is 11.7 Å². The predicted octanol–water partition coefficient (Wildman–Crippen LogP) is 1.96. The first-order chi connectivity index (χ1) is 10.7. The normalized spacial score (nSPS) is 12.5. The maximum Gasteiger partial charge on any atom is 0.350 e. The van der Waals surface area contributed by atoms with Gasteiger partial charge < -0.3 is 9.67 Å². The van der Waals surface area contributed by atoms with Crippen LogP contribution in [0.3, 0.4) is 0 Å². The van der Waals surface area contributed by atoms with Gasteiger partial charge in [0.1, 0.15) is 0 Å². The Morgan fingerprint density at radius 3 is 2.74 bits per heavy atom. The van der Waals surface area contributed by atoms with Gasteiger partial charge in [-0.1, -0.05) is 19.6 Å². The largest absolute Gasteiger partial charge is 0.395 e. The van der Waals surface area contributed by atoms with Crippen molar-refractivity contribution in [3.63, 3.8) is 0 Å². The van der Waals surface area contributed by atoms with E-state index in [1.165, 1.54) is 0 Å². The third kappa shape index (κ3) is 5.55. The highest BCUT2D eigenvalue weighted by Crippen LogP contribution is 2.03. The lowest BCUT2D eigenvalue weighted by Crippen LogP contribution is -2.26.